The predicted octanol–water partition coefficient (Wildman–Crippen LogP) is 3.41. The predicted molar refractivity (Wildman–Crippen MR) is 83.2 cm³/mol. The summed E-state index contributed by atoms with van der Waals surface area (Å²) < 4.78 is 13.8. The van der Waals surface area contributed by atoms with Crippen LogP contribution < -0.4 is 5.73 Å². The zero-order chi connectivity index (χ0) is 14.5. The highest BCUT2D eigenvalue weighted by atomic mass is 32.1. The monoisotopic (exact) mass is 292 g/mol. The van der Waals surface area contributed by atoms with Gasteiger partial charge in [0.05, 0.1) is 0 Å². The highest BCUT2D eigenvalue weighted by Gasteiger charge is 2.13. The molecule has 0 saturated carbocycles. The average Bonchev–Trinajstić information content (AvgIpc) is 2.94. The Morgan fingerprint density at radius 1 is 1.35 bits per heavy atom. The summed E-state index contributed by atoms with van der Waals surface area (Å²) in [6, 6.07) is 9.70. The molecule has 2 aromatic rings. The number of hydrogen-bond donors (Lipinski definition) is 1. The molecule has 0 fully saturated rings. The summed E-state index contributed by atoms with van der Waals surface area (Å²) in [6.07, 6.45) is 0.992. The van der Waals surface area contributed by atoms with E-state index in [0.717, 1.165) is 12.0 Å². The fourth-order valence-electron chi connectivity index (χ4n) is 2.18. The Morgan fingerprint density at radius 3 is 2.80 bits per heavy atom. The average molecular weight is 292 g/mol. The molecule has 1 heterocycles. The second-order valence-electron chi connectivity index (χ2n) is 5.18. The quantitative estimate of drug-likeness (QED) is 0.884. The molecule has 0 spiro atoms. The van der Waals surface area contributed by atoms with Crippen LogP contribution in [0.3, 0.4) is 0 Å². The normalized spacial score (nSPS) is 12.8. The maximum Gasteiger partial charge on any atom is 0.127 e. The molecule has 1 atom stereocenters. The molecular formula is C16H21FN2S. The Morgan fingerprint density at radius 2 is 2.15 bits per heavy atom. The minimum absolute atomic E-state index is 0.155. The Bertz CT molecular complexity index is 539. The molecule has 0 amide bonds. The van der Waals surface area contributed by atoms with Crippen LogP contribution in [0.1, 0.15) is 22.9 Å². The molecule has 1 aromatic heterocycles. The summed E-state index contributed by atoms with van der Waals surface area (Å²) in [5.41, 5.74) is 7.30. The van der Waals surface area contributed by atoms with Crippen molar-refractivity contribution in [2.45, 2.75) is 32.5 Å². The van der Waals surface area contributed by atoms with Crippen LogP contribution in [-0.2, 0) is 19.5 Å². The van der Waals surface area contributed by atoms with E-state index in [-0.39, 0.29) is 5.82 Å². The molecule has 1 unspecified atom stereocenters. The van der Waals surface area contributed by atoms with Crippen molar-refractivity contribution in [2.24, 2.45) is 5.73 Å². The van der Waals surface area contributed by atoms with E-state index in [9.17, 15) is 4.39 Å². The fourth-order valence-corrected chi connectivity index (χ4v) is 3.00. The van der Waals surface area contributed by atoms with E-state index in [0.29, 0.717) is 24.7 Å². The van der Waals surface area contributed by atoms with Crippen molar-refractivity contribution in [1.29, 1.82) is 0 Å². The molecule has 4 heteroatoms. The lowest BCUT2D eigenvalue weighted by atomic mass is 10.1. The number of nitrogens with two attached hydrogens (primary N) is 1. The lowest BCUT2D eigenvalue weighted by Gasteiger charge is -2.24. The summed E-state index contributed by atoms with van der Waals surface area (Å²) >= 11 is 1.77. The molecule has 0 aliphatic heterocycles. The fraction of sp³-hybridized carbons (Fsp3) is 0.375. The second-order valence-corrected chi connectivity index (χ2v) is 6.21. The third kappa shape index (κ3) is 3.88. The van der Waals surface area contributed by atoms with Crippen LogP contribution in [0.2, 0.25) is 0 Å². The first kappa shape index (κ1) is 15.2. The van der Waals surface area contributed by atoms with Gasteiger partial charge in [0.25, 0.3) is 0 Å². The number of hydrogen-bond acceptors (Lipinski definition) is 3. The van der Waals surface area contributed by atoms with Gasteiger partial charge in [0.1, 0.15) is 5.82 Å². The first-order chi connectivity index (χ1) is 9.60. The molecule has 108 valence electrons. The first-order valence-corrected chi connectivity index (χ1v) is 7.68. The lowest BCUT2D eigenvalue weighted by Crippen LogP contribution is -2.30. The molecule has 2 rings (SSSR count). The Balaban J connectivity index is 2.01. The number of halogens is 1. The van der Waals surface area contributed by atoms with Crippen molar-refractivity contribution < 1.29 is 4.39 Å². The van der Waals surface area contributed by atoms with Crippen molar-refractivity contribution in [1.82, 2.24) is 4.90 Å². The van der Waals surface area contributed by atoms with Gasteiger partial charge in [0, 0.05) is 29.6 Å². The standard InChI is InChI=1S/C16H21FN2S/c1-12(8-15-4-3-7-20-15)19(2)11-14-9-13(10-18)5-6-16(14)17/h3-7,9,12H,8,10-11,18H2,1-2H3. The molecule has 20 heavy (non-hydrogen) atoms. The van der Waals surface area contributed by atoms with Gasteiger partial charge in [-0.2, -0.15) is 0 Å². The van der Waals surface area contributed by atoms with Crippen LogP contribution in [0.4, 0.5) is 4.39 Å². The molecule has 0 aliphatic carbocycles. The highest BCUT2D eigenvalue weighted by Crippen LogP contribution is 2.17. The zero-order valence-corrected chi connectivity index (χ0v) is 12.8. The minimum Gasteiger partial charge on any atom is -0.326 e. The van der Waals surface area contributed by atoms with Gasteiger partial charge >= 0.3 is 0 Å². The molecule has 0 saturated heterocycles. The molecule has 2 N–H and O–H groups in total. The van der Waals surface area contributed by atoms with E-state index >= 15 is 0 Å². The summed E-state index contributed by atoms with van der Waals surface area (Å²) in [5.74, 6) is -0.155. The van der Waals surface area contributed by atoms with Crippen LogP contribution in [0.15, 0.2) is 35.7 Å². The molecule has 0 bridgehead atoms. The van der Waals surface area contributed by atoms with Gasteiger partial charge in [-0.3, -0.25) is 4.90 Å². The van der Waals surface area contributed by atoms with Gasteiger partial charge in [0.2, 0.25) is 0 Å². The number of nitrogens with zero attached hydrogens (tertiary/aromatic N) is 1. The smallest absolute Gasteiger partial charge is 0.127 e. The topological polar surface area (TPSA) is 29.3 Å². The Hall–Kier alpha value is -1.23. The maximum absolute atomic E-state index is 13.8. The SMILES string of the molecule is CC(Cc1cccs1)N(C)Cc1cc(CN)ccc1F. The summed E-state index contributed by atoms with van der Waals surface area (Å²) in [4.78, 5) is 3.54. The zero-order valence-electron chi connectivity index (χ0n) is 12.0. The number of benzene rings is 1. The van der Waals surface area contributed by atoms with Crippen molar-refractivity contribution in [3.05, 3.63) is 57.5 Å². The first-order valence-electron chi connectivity index (χ1n) is 6.80. The van der Waals surface area contributed by atoms with Gasteiger partial charge in [-0.1, -0.05) is 18.2 Å². The number of rotatable bonds is 6. The number of thiophene rings is 1. The molecule has 0 radical (unpaired) electrons. The van der Waals surface area contributed by atoms with E-state index in [2.05, 4.69) is 29.3 Å². The van der Waals surface area contributed by atoms with Crippen molar-refractivity contribution in [3.8, 4) is 0 Å². The third-order valence-corrected chi connectivity index (χ3v) is 4.49. The lowest BCUT2D eigenvalue weighted by molar-refractivity contribution is 0.245. The van der Waals surface area contributed by atoms with Crippen LogP contribution in [0.5, 0.6) is 0 Å². The van der Waals surface area contributed by atoms with E-state index in [1.807, 2.05) is 13.1 Å². The largest absolute Gasteiger partial charge is 0.326 e. The van der Waals surface area contributed by atoms with Crippen LogP contribution >= 0.6 is 11.3 Å². The van der Waals surface area contributed by atoms with E-state index in [1.54, 1.807) is 17.4 Å². The van der Waals surface area contributed by atoms with Crippen molar-refractivity contribution in [3.63, 3.8) is 0 Å². The molecule has 1 aromatic carbocycles. The van der Waals surface area contributed by atoms with Gasteiger partial charge in [0.15, 0.2) is 0 Å². The molecular weight excluding hydrogens is 271 g/mol. The third-order valence-electron chi connectivity index (χ3n) is 3.59. The van der Waals surface area contributed by atoms with Crippen molar-refractivity contribution >= 4 is 11.3 Å². The number of likely N-dealkylation sites (N-methyl/N-ethyl adjacent to an activating group) is 1. The second kappa shape index (κ2) is 6.97. The van der Waals surface area contributed by atoms with Crippen LogP contribution in [0, 0.1) is 5.82 Å². The maximum atomic E-state index is 13.8. The van der Waals surface area contributed by atoms with E-state index < -0.39 is 0 Å². The van der Waals surface area contributed by atoms with Gasteiger partial charge < -0.3 is 5.73 Å². The molecule has 0 aliphatic rings. The van der Waals surface area contributed by atoms with Crippen LogP contribution in [-0.4, -0.2) is 18.0 Å². The summed E-state index contributed by atoms with van der Waals surface area (Å²) in [5, 5.41) is 2.09. The van der Waals surface area contributed by atoms with Gasteiger partial charge in [-0.05, 0) is 43.5 Å². The summed E-state index contributed by atoms with van der Waals surface area (Å²) in [7, 11) is 2.03. The minimum atomic E-state index is -0.155. The van der Waals surface area contributed by atoms with Gasteiger partial charge in [-0.25, -0.2) is 4.39 Å². The highest BCUT2D eigenvalue weighted by molar-refractivity contribution is 7.09. The Labute approximate surface area is 124 Å². The molecule has 2 nitrogen and oxygen atoms in total. The van der Waals surface area contributed by atoms with Gasteiger partial charge in [-0.15, -0.1) is 11.3 Å². The van der Waals surface area contributed by atoms with E-state index in [1.165, 1.54) is 10.9 Å². The van der Waals surface area contributed by atoms with E-state index in [4.69, 9.17) is 5.73 Å². The Kier molecular flexibility index (Phi) is 5.29. The van der Waals surface area contributed by atoms with Crippen LogP contribution in [0.25, 0.3) is 0 Å². The van der Waals surface area contributed by atoms with Crippen molar-refractivity contribution in [2.75, 3.05) is 7.05 Å². The summed E-state index contributed by atoms with van der Waals surface area (Å²) in [6.45, 7) is 3.22.